The Morgan fingerprint density at radius 1 is 1.67 bits per heavy atom. The highest BCUT2D eigenvalue weighted by molar-refractivity contribution is 5.79. The van der Waals surface area contributed by atoms with Gasteiger partial charge in [-0.05, 0) is 25.7 Å². The summed E-state index contributed by atoms with van der Waals surface area (Å²) in [5, 5.41) is 9.20. The zero-order chi connectivity index (χ0) is 9.14. The summed E-state index contributed by atoms with van der Waals surface area (Å²) in [4.78, 5) is 20.9. The predicted octanol–water partition coefficient (Wildman–Crippen LogP) is 0.0930. The van der Waals surface area contributed by atoms with Gasteiger partial charge in [0.05, 0.1) is 12.0 Å². The topological polar surface area (TPSA) is 63.6 Å². The molecule has 1 aliphatic carbocycles. The van der Waals surface area contributed by atoms with Crippen molar-refractivity contribution in [1.82, 2.24) is 0 Å². The van der Waals surface area contributed by atoms with Gasteiger partial charge in [-0.3, -0.25) is 9.59 Å². The molecule has 0 saturated heterocycles. The van der Waals surface area contributed by atoms with Crippen molar-refractivity contribution in [3.05, 3.63) is 0 Å². The fourth-order valence-corrected chi connectivity index (χ4v) is 1.36. The van der Waals surface area contributed by atoms with Gasteiger partial charge in [0.2, 0.25) is 0 Å². The van der Waals surface area contributed by atoms with Crippen molar-refractivity contribution >= 4 is 12.4 Å². The van der Waals surface area contributed by atoms with Crippen LogP contribution in [0.5, 0.6) is 0 Å². The number of aliphatic hydroxyl groups is 1. The van der Waals surface area contributed by atoms with Crippen LogP contribution in [0.2, 0.25) is 0 Å². The molecule has 0 amide bonds. The first kappa shape index (κ1) is 9.19. The van der Waals surface area contributed by atoms with Crippen LogP contribution in [-0.2, 0) is 14.3 Å². The second-order valence-corrected chi connectivity index (χ2v) is 3.14. The highest BCUT2D eigenvalue weighted by Crippen LogP contribution is 2.39. The van der Waals surface area contributed by atoms with E-state index in [1.807, 2.05) is 0 Å². The quantitative estimate of drug-likeness (QED) is 0.371. The molecule has 1 N–H and O–H groups in total. The maximum atomic E-state index is 11.1. The van der Waals surface area contributed by atoms with Crippen LogP contribution in [0.3, 0.4) is 0 Å². The first-order valence-electron chi connectivity index (χ1n) is 3.99. The Bertz CT molecular complexity index is 181. The normalized spacial score (nSPS) is 21.2. The molecular formula is C8H12O4. The van der Waals surface area contributed by atoms with Gasteiger partial charge in [-0.15, -0.1) is 0 Å². The minimum atomic E-state index is -0.732. The first-order valence-corrected chi connectivity index (χ1v) is 3.99. The number of esters is 1. The molecule has 0 bridgehead atoms. The minimum Gasteiger partial charge on any atom is -0.395 e. The van der Waals surface area contributed by atoms with E-state index >= 15 is 0 Å². The smallest absolute Gasteiger partial charge is 0.319 e. The maximum absolute atomic E-state index is 11.1. The SMILES string of the molecule is C[C@@H](O)C(C(=O)OC=O)C1CC1. The standard InChI is InChI=1S/C8H12O4/c1-5(10)7(6-2-3-6)8(11)12-4-9/h4-7,10H,2-3H2,1H3/t5-,7?/m1/s1. The predicted molar refractivity (Wildman–Crippen MR) is 40.1 cm³/mol. The lowest BCUT2D eigenvalue weighted by Crippen LogP contribution is -2.29. The van der Waals surface area contributed by atoms with Crippen LogP contribution in [0.25, 0.3) is 0 Å². The molecule has 0 radical (unpaired) electrons. The molecule has 1 rings (SSSR count). The molecule has 1 fully saturated rings. The van der Waals surface area contributed by atoms with Crippen molar-refractivity contribution in [3.63, 3.8) is 0 Å². The molecule has 0 aliphatic heterocycles. The molecule has 1 saturated carbocycles. The maximum Gasteiger partial charge on any atom is 0.319 e. The fourth-order valence-electron chi connectivity index (χ4n) is 1.36. The Kier molecular flexibility index (Phi) is 2.81. The highest BCUT2D eigenvalue weighted by atomic mass is 16.6. The fraction of sp³-hybridized carbons (Fsp3) is 0.750. The zero-order valence-electron chi connectivity index (χ0n) is 6.90. The molecule has 0 aromatic carbocycles. The molecule has 68 valence electrons. The summed E-state index contributed by atoms with van der Waals surface area (Å²) in [6, 6.07) is 0. The van der Waals surface area contributed by atoms with Crippen LogP contribution < -0.4 is 0 Å². The zero-order valence-corrected chi connectivity index (χ0v) is 6.90. The van der Waals surface area contributed by atoms with E-state index in [1.54, 1.807) is 0 Å². The number of hydrogen-bond donors (Lipinski definition) is 1. The average molecular weight is 172 g/mol. The number of aliphatic hydroxyl groups excluding tert-OH is 1. The van der Waals surface area contributed by atoms with E-state index in [0.29, 0.717) is 0 Å². The third-order valence-corrected chi connectivity index (χ3v) is 2.09. The van der Waals surface area contributed by atoms with Crippen LogP contribution in [0.15, 0.2) is 0 Å². The number of carbonyl (C=O) groups excluding carboxylic acids is 2. The molecule has 4 nitrogen and oxygen atoms in total. The molecule has 4 heteroatoms. The second kappa shape index (κ2) is 3.67. The molecule has 0 aromatic heterocycles. The molecule has 2 atom stereocenters. The summed E-state index contributed by atoms with van der Waals surface area (Å²) in [5.41, 5.74) is 0. The van der Waals surface area contributed by atoms with Gasteiger partial charge in [0.1, 0.15) is 0 Å². The Morgan fingerprint density at radius 3 is 2.58 bits per heavy atom. The van der Waals surface area contributed by atoms with Crippen molar-refractivity contribution in [2.75, 3.05) is 0 Å². The summed E-state index contributed by atoms with van der Waals surface area (Å²) in [6.07, 6.45) is 1.14. The van der Waals surface area contributed by atoms with Crippen molar-refractivity contribution in [3.8, 4) is 0 Å². The van der Waals surface area contributed by atoms with Gasteiger partial charge in [-0.2, -0.15) is 0 Å². The van der Waals surface area contributed by atoms with Crippen molar-refractivity contribution in [2.45, 2.75) is 25.9 Å². The van der Waals surface area contributed by atoms with Gasteiger partial charge in [0.25, 0.3) is 0 Å². The van der Waals surface area contributed by atoms with Crippen LogP contribution in [0.1, 0.15) is 19.8 Å². The Hall–Kier alpha value is -0.900. The molecule has 0 aromatic rings. The van der Waals surface area contributed by atoms with Gasteiger partial charge in [-0.1, -0.05) is 0 Å². The molecule has 1 unspecified atom stereocenters. The third kappa shape index (κ3) is 2.04. The molecule has 1 aliphatic rings. The lowest BCUT2D eigenvalue weighted by atomic mass is 9.98. The average Bonchev–Trinajstić information content (AvgIpc) is 2.71. The molecule has 12 heavy (non-hydrogen) atoms. The van der Waals surface area contributed by atoms with E-state index in [-0.39, 0.29) is 12.4 Å². The van der Waals surface area contributed by atoms with Crippen LogP contribution in [0.4, 0.5) is 0 Å². The minimum absolute atomic E-state index is 0.111. The lowest BCUT2D eigenvalue weighted by molar-refractivity contribution is -0.158. The molecule has 0 spiro atoms. The number of carbonyl (C=O) groups is 2. The van der Waals surface area contributed by atoms with E-state index < -0.39 is 18.0 Å². The van der Waals surface area contributed by atoms with E-state index in [2.05, 4.69) is 4.74 Å². The summed E-state index contributed by atoms with van der Waals surface area (Å²) < 4.78 is 4.19. The summed E-state index contributed by atoms with van der Waals surface area (Å²) in [6.45, 7) is 1.65. The molecule has 0 heterocycles. The van der Waals surface area contributed by atoms with Gasteiger partial charge in [0, 0.05) is 0 Å². The third-order valence-electron chi connectivity index (χ3n) is 2.09. The van der Waals surface area contributed by atoms with Crippen LogP contribution >= 0.6 is 0 Å². The van der Waals surface area contributed by atoms with Crippen LogP contribution in [0, 0.1) is 11.8 Å². The first-order chi connectivity index (χ1) is 5.66. The number of rotatable bonds is 4. The summed E-state index contributed by atoms with van der Waals surface area (Å²) in [7, 11) is 0. The summed E-state index contributed by atoms with van der Waals surface area (Å²) >= 11 is 0. The monoisotopic (exact) mass is 172 g/mol. The van der Waals surface area contributed by atoms with E-state index in [1.165, 1.54) is 6.92 Å². The Balaban J connectivity index is 2.51. The number of ether oxygens (including phenoxy) is 1. The van der Waals surface area contributed by atoms with E-state index in [9.17, 15) is 14.7 Å². The van der Waals surface area contributed by atoms with Gasteiger partial charge in [0.15, 0.2) is 0 Å². The largest absolute Gasteiger partial charge is 0.395 e. The second-order valence-electron chi connectivity index (χ2n) is 3.14. The van der Waals surface area contributed by atoms with Crippen molar-refractivity contribution in [2.24, 2.45) is 11.8 Å². The van der Waals surface area contributed by atoms with Gasteiger partial charge < -0.3 is 9.84 Å². The summed E-state index contributed by atoms with van der Waals surface area (Å²) in [5.74, 6) is -0.921. The van der Waals surface area contributed by atoms with E-state index in [4.69, 9.17) is 0 Å². The Morgan fingerprint density at radius 2 is 2.25 bits per heavy atom. The van der Waals surface area contributed by atoms with Gasteiger partial charge in [-0.25, -0.2) is 0 Å². The number of hydrogen-bond acceptors (Lipinski definition) is 4. The van der Waals surface area contributed by atoms with Crippen LogP contribution in [-0.4, -0.2) is 23.7 Å². The van der Waals surface area contributed by atoms with Crippen molar-refractivity contribution in [1.29, 1.82) is 0 Å². The van der Waals surface area contributed by atoms with Gasteiger partial charge >= 0.3 is 12.4 Å². The molecular weight excluding hydrogens is 160 g/mol. The lowest BCUT2D eigenvalue weighted by Gasteiger charge is -2.15. The highest BCUT2D eigenvalue weighted by Gasteiger charge is 2.40. The van der Waals surface area contributed by atoms with Crippen molar-refractivity contribution < 1.29 is 19.4 Å². The van der Waals surface area contributed by atoms with E-state index in [0.717, 1.165) is 12.8 Å². The Labute approximate surface area is 70.5 Å².